The van der Waals surface area contributed by atoms with Gasteiger partial charge in [-0.15, -0.1) is 0 Å². The molecule has 0 aromatic heterocycles. The SMILES string of the molecule is CCCC[C@H](NC(=O)c1cccc(Cl)c1)C(=O)O. The topological polar surface area (TPSA) is 66.4 Å². The average Bonchev–Trinajstić information content (AvgIpc) is 2.33. The summed E-state index contributed by atoms with van der Waals surface area (Å²) in [5.74, 6) is -1.43. The fourth-order valence-corrected chi connectivity index (χ4v) is 1.73. The average molecular weight is 270 g/mol. The number of hydrogen-bond acceptors (Lipinski definition) is 2. The number of aliphatic carboxylic acids is 1. The van der Waals surface area contributed by atoms with Crippen LogP contribution in [-0.4, -0.2) is 23.0 Å². The van der Waals surface area contributed by atoms with Crippen LogP contribution in [0.3, 0.4) is 0 Å². The van der Waals surface area contributed by atoms with Crippen LogP contribution in [0.25, 0.3) is 0 Å². The van der Waals surface area contributed by atoms with Crippen molar-refractivity contribution in [2.75, 3.05) is 0 Å². The van der Waals surface area contributed by atoms with Gasteiger partial charge in [0.2, 0.25) is 0 Å². The molecule has 1 atom stereocenters. The highest BCUT2D eigenvalue weighted by atomic mass is 35.5. The maximum atomic E-state index is 11.8. The molecule has 2 N–H and O–H groups in total. The number of nitrogens with one attached hydrogen (secondary N) is 1. The Hall–Kier alpha value is -1.55. The maximum Gasteiger partial charge on any atom is 0.326 e. The molecule has 0 aliphatic carbocycles. The van der Waals surface area contributed by atoms with Crippen molar-refractivity contribution in [3.63, 3.8) is 0 Å². The summed E-state index contributed by atoms with van der Waals surface area (Å²) in [4.78, 5) is 22.8. The van der Waals surface area contributed by atoms with Crippen LogP contribution in [0.4, 0.5) is 0 Å². The molecule has 0 bridgehead atoms. The molecule has 0 fully saturated rings. The third kappa shape index (κ3) is 4.37. The standard InChI is InChI=1S/C13H16ClNO3/c1-2-3-7-11(13(17)18)15-12(16)9-5-4-6-10(14)8-9/h4-6,8,11H,2-3,7H2,1H3,(H,15,16)(H,17,18)/t11-/m0/s1. The van der Waals surface area contributed by atoms with E-state index in [1.807, 2.05) is 6.92 Å². The number of amides is 1. The van der Waals surface area contributed by atoms with E-state index in [9.17, 15) is 9.59 Å². The quantitative estimate of drug-likeness (QED) is 0.834. The Morgan fingerprint density at radius 1 is 1.44 bits per heavy atom. The minimum atomic E-state index is -1.01. The smallest absolute Gasteiger partial charge is 0.326 e. The van der Waals surface area contributed by atoms with Gasteiger partial charge in [0.15, 0.2) is 0 Å². The van der Waals surface area contributed by atoms with Crippen LogP contribution in [0.2, 0.25) is 5.02 Å². The lowest BCUT2D eigenvalue weighted by atomic mass is 10.1. The summed E-state index contributed by atoms with van der Waals surface area (Å²) in [5, 5.41) is 12.0. The third-order valence-electron chi connectivity index (χ3n) is 2.54. The highest BCUT2D eigenvalue weighted by Gasteiger charge is 2.19. The van der Waals surface area contributed by atoms with Gasteiger partial charge in [-0.1, -0.05) is 37.4 Å². The van der Waals surface area contributed by atoms with Crippen molar-refractivity contribution < 1.29 is 14.7 Å². The molecule has 0 heterocycles. The van der Waals surface area contributed by atoms with Crippen LogP contribution >= 0.6 is 11.6 Å². The van der Waals surface area contributed by atoms with E-state index in [2.05, 4.69) is 5.32 Å². The van der Waals surface area contributed by atoms with Gasteiger partial charge >= 0.3 is 5.97 Å². The minimum absolute atomic E-state index is 0.366. The number of benzene rings is 1. The molecular formula is C13H16ClNO3. The fourth-order valence-electron chi connectivity index (χ4n) is 1.54. The second-order valence-corrected chi connectivity index (χ2v) is 4.45. The summed E-state index contributed by atoms with van der Waals surface area (Å²) in [6.07, 6.45) is 2.07. The lowest BCUT2D eigenvalue weighted by Crippen LogP contribution is -2.40. The molecule has 0 spiro atoms. The molecule has 1 rings (SSSR count). The summed E-state index contributed by atoms with van der Waals surface area (Å²) in [7, 11) is 0. The molecule has 1 amide bonds. The number of halogens is 1. The van der Waals surface area contributed by atoms with E-state index < -0.39 is 17.9 Å². The molecule has 0 saturated heterocycles. The molecule has 1 aromatic carbocycles. The first-order chi connectivity index (χ1) is 8.54. The Labute approximate surface area is 111 Å². The zero-order chi connectivity index (χ0) is 13.5. The van der Waals surface area contributed by atoms with Crippen LogP contribution in [0.1, 0.15) is 36.5 Å². The number of unbranched alkanes of at least 4 members (excludes halogenated alkanes) is 1. The summed E-state index contributed by atoms with van der Waals surface area (Å²) in [6.45, 7) is 1.97. The van der Waals surface area contributed by atoms with E-state index in [4.69, 9.17) is 16.7 Å². The van der Waals surface area contributed by atoms with Crippen molar-refractivity contribution in [2.45, 2.75) is 32.2 Å². The number of carbonyl (C=O) groups is 2. The zero-order valence-corrected chi connectivity index (χ0v) is 10.9. The van der Waals surface area contributed by atoms with Gasteiger partial charge in [0.1, 0.15) is 6.04 Å². The zero-order valence-electron chi connectivity index (χ0n) is 10.1. The molecule has 18 heavy (non-hydrogen) atoms. The first-order valence-electron chi connectivity index (χ1n) is 5.83. The molecule has 0 saturated carbocycles. The van der Waals surface area contributed by atoms with Gasteiger partial charge in [0, 0.05) is 10.6 Å². The molecule has 4 nitrogen and oxygen atoms in total. The van der Waals surface area contributed by atoms with Gasteiger partial charge in [-0.2, -0.15) is 0 Å². The molecule has 5 heteroatoms. The molecule has 1 aromatic rings. The molecule has 98 valence electrons. The fraction of sp³-hybridized carbons (Fsp3) is 0.385. The van der Waals surface area contributed by atoms with E-state index in [1.165, 1.54) is 6.07 Å². The van der Waals surface area contributed by atoms with Crippen LogP contribution < -0.4 is 5.32 Å². The van der Waals surface area contributed by atoms with Crippen molar-refractivity contribution in [3.05, 3.63) is 34.9 Å². The molecular weight excluding hydrogens is 254 g/mol. The summed E-state index contributed by atoms with van der Waals surface area (Å²) < 4.78 is 0. The third-order valence-corrected chi connectivity index (χ3v) is 2.77. The first kappa shape index (κ1) is 14.5. The van der Waals surface area contributed by atoms with E-state index in [0.29, 0.717) is 17.0 Å². The monoisotopic (exact) mass is 269 g/mol. The Bertz CT molecular complexity index is 434. The van der Waals surface area contributed by atoms with Gasteiger partial charge < -0.3 is 10.4 Å². The van der Waals surface area contributed by atoms with E-state index in [-0.39, 0.29) is 0 Å². The van der Waals surface area contributed by atoms with E-state index in [1.54, 1.807) is 18.2 Å². The lowest BCUT2D eigenvalue weighted by Gasteiger charge is -2.14. The predicted octanol–water partition coefficient (Wildman–Crippen LogP) is 2.71. The van der Waals surface area contributed by atoms with Crippen LogP contribution in [-0.2, 0) is 4.79 Å². The summed E-state index contributed by atoms with van der Waals surface area (Å²) in [6, 6.07) is 5.56. The minimum Gasteiger partial charge on any atom is -0.480 e. The number of carboxylic acid groups (broad SMARTS) is 1. The van der Waals surface area contributed by atoms with Crippen molar-refractivity contribution in [3.8, 4) is 0 Å². The van der Waals surface area contributed by atoms with Crippen LogP contribution in [0.15, 0.2) is 24.3 Å². The molecule has 0 aliphatic rings. The van der Waals surface area contributed by atoms with Gasteiger partial charge in [-0.3, -0.25) is 4.79 Å². The lowest BCUT2D eigenvalue weighted by molar-refractivity contribution is -0.139. The predicted molar refractivity (Wildman–Crippen MR) is 69.9 cm³/mol. The Morgan fingerprint density at radius 2 is 2.17 bits per heavy atom. The summed E-state index contributed by atoms with van der Waals surface area (Å²) in [5.41, 5.74) is 0.366. The normalized spacial score (nSPS) is 11.9. The van der Waals surface area contributed by atoms with Gasteiger partial charge in [0.05, 0.1) is 0 Å². The molecule has 0 radical (unpaired) electrons. The van der Waals surface area contributed by atoms with Crippen molar-refractivity contribution in [1.29, 1.82) is 0 Å². The summed E-state index contributed by atoms with van der Waals surface area (Å²) >= 11 is 5.78. The van der Waals surface area contributed by atoms with E-state index >= 15 is 0 Å². The van der Waals surface area contributed by atoms with Gasteiger partial charge in [0.25, 0.3) is 5.91 Å². The highest BCUT2D eigenvalue weighted by molar-refractivity contribution is 6.30. The maximum absolute atomic E-state index is 11.8. The number of carboxylic acids is 1. The van der Waals surface area contributed by atoms with Gasteiger partial charge in [-0.25, -0.2) is 4.79 Å². The highest BCUT2D eigenvalue weighted by Crippen LogP contribution is 2.11. The largest absolute Gasteiger partial charge is 0.480 e. The molecule has 0 aliphatic heterocycles. The first-order valence-corrected chi connectivity index (χ1v) is 6.21. The van der Waals surface area contributed by atoms with Gasteiger partial charge in [-0.05, 0) is 24.6 Å². The second-order valence-electron chi connectivity index (χ2n) is 4.02. The number of rotatable bonds is 6. The Balaban J connectivity index is 2.69. The van der Waals surface area contributed by atoms with Crippen molar-refractivity contribution in [1.82, 2.24) is 5.32 Å². The van der Waals surface area contributed by atoms with Crippen molar-refractivity contribution >= 4 is 23.5 Å². The number of hydrogen-bond donors (Lipinski definition) is 2. The van der Waals surface area contributed by atoms with Crippen LogP contribution in [0.5, 0.6) is 0 Å². The Morgan fingerprint density at radius 3 is 2.72 bits per heavy atom. The molecule has 0 unspecified atom stereocenters. The Kier molecular flexibility index (Phi) is 5.65. The van der Waals surface area contributed by atoms with Crippen LogP contribution in [0, 0.1) is 0 Å². The number of carbonyl (C=O) groups excluding carboxylic acids is 1. The van der Waals surface area contributed by atoms with Crippen molar-refractivity contribution in [2.24, 2.45) is 0 Å². The van der Waals surface area contributed by atoms with E-state index in [0.717, 1.165) is 12.8 Å². The second kappa shape index (κ2) is 7.01.